The minimum Gasteiger partial charge on any atom is -0.461 e. The van der Waals surface area contributed by atoms with Gasteiger partial charge in [0.05, 0.1) is 5.56 Å². The number of benzene rings is 1. The number of carbonyl (C=O) groups excluding carboxylic acids is 1. The van der Waals surface area contributed by atoms with Crippen LogP contribution in [0, 0.1) is 6.92 Å². The van der Waals surface area contributed by atoms with E-state index in [4.69, 9.17) is 4.74 Å². The van der Waals surface area contributed by atoms with Crippen LogP contribution in [0.4, 0.5) is 0 Å². The Balaban J connectivity index is 2.45. The molecule has 0 bridgehead atoms. The second-order valence-electron chi connectivity index (χ2n) is 3.99. The van der Waals surface area contributed by atoms with Crippen LogP contribution in [0.25, 0.3) is 10.9 Å². The summed E-state index contributed by atoms with van der Waals surface area (Å²) in [7, 11) is 0. The van der Waals surface area contributed by atoms with E-state index in [0.29, 0.717) is 5.56 Å². The highest BCUT2D eigenvalue weighted by atomic mass is 16.5. The summed E-state index contributed by atoms with van der Waals surface area (Å²) >= 11 is 0. The molecule has 0 spiro atoms. The normalized spacial score (nSPS) is 10.5. The number of nitrogens with one attached hydrogen (secondary N) is 1. The van der Waals surface area contributed by atoms with Crippen LogP contribution in [0.2, 0.25) is 0 Å². The van der Waals surface area contributed by atoms with Gasteiger partial charge in [0, 0.05) is 12.4 Å². The molecule has 1 aromatic carbocycles. The molecule has 0 saturated carbocycles. The third kappa shape index (κ3) is 2.53. The summed E-state index contributed by atoms with van der Waals surface area (Å²) in [5, 5.41) is 0.928. The standard InChI is InChI=1S/C13H13NO3/c1-8-3-4-10-6-11(7-17-9(2)15)13(16)14-12(10)5-8/h3-6H,7H2,1-2H3,(H,14,16). The smallest absolute Gasteiger partial charge is 0.302 e. The van der Waals surface area contributed by atoms with Gasteiger partial charge < -0.3 is 9.72 Å². The van der Waals surface area contributed by atoms with Gasteiger partial charge in [-0.25, -0.2) is 0 Å². The highest BCUT2D eigenvalue weighted by Gasteiger charge is 2.04. The Hall–Kier alpha value is -2.10. The largest absolute Gasteiger partial charge is 0.461 e. The van der Waals surface area contributed by atoms with Gasteiger partial charge in [-0.1, -0.05) is 12.1 Å². The first-order chi connectivity index (χ1) is 8.06. The van der Waals surface area contributed by atoms with E-state index in [1.54, 1.807) is 6.07 Å². The molecule has 0 aliphatic heterocycles. The number of esters is 1. The van der Waals surface area contributed by atoms with E-state index in [1.165, 1.54) is 6.92 Å². The van der Waals surface area contributed by atoms with E-state index in [1.807, 2.05) is 25.1 Å². The monoisotopic (exact) mass is 231 g/mol. The van der Waals surface area contributed by atoms with Crippen molar-refractivity contribution in [3.05, 3.63) is 45.7 Å². The van der Waals surface area contributed by atoms with Gasteiger partial charge in [0.1, 0.15) is 6.61 Å². The number of hydrogen-bond donors (Lipinski definition) is 1. The molecule has 0 saturated heterocycles. The molecule has 0 radical (unpaired) electrons. The fraction of sp³-hybridized carbons (Fsp3) is 0.231. The van der Waals surface area contributed by atoms with Gasteiger partial charge in [0.2, 0.25) is 0 Å². The molecule has 4 heteroatoms. The van der Waals surface area contributed by atoms with Gasteiger partial charge >= 0.3 is 5.97 Å². The Morgan fingerprint density at radius 2 is 2.12 bits per heavy atom. The van der Waals surface area contributed by atoms with Gasteiger partial charge in [-0.2, -0.15) is 0 Å². The maximum Gasteiger partial charge on any atom is 0.302 e. The van der Waals surface area contributed by atoms with Crippen LogP contribution in [0.3, 0.4) is 0 Å². The molecule has 88 valence electrons. The van der Waals surface area contributed by atoms with Crippen molar-refractivity contribution in [1.82, 2.24) is 4.98 Å². The summed E-state index contributed by atoms with van der Waals surface area (Å²) < 4.78 is 4.82. The van der Waals surface area contributed by atoms with Gasteiger partial charge in [0.25, 0.3) is 5.56 Å². The Bertz CT molecular complexity index is 628. The van der Waals surface area contributed by atoms with Crippen LogP contribution < -0.4 is 5.56 Å². The van der Waals surface area contributed by atoms with Crippen LogP contribution in [0.5, 0.6) is 0 Å². The average molecular weight is 231 g/mol. The van der Waals surface area contributed by atoms with Crippen LogP contribution in [0.1, 0.15) is 18.1 Å². The Labute approximate surface area is 98.2 Å². The van der Waals surface area contributed by atoms with E-state index in [0.717, 1.165) is 16.5 Å². The van der Waals surface area contributed by atoms with Crippen molar-refractivity contribution in [1.29, 1.82) is 0 Å². The number of pyridine rings is 1. The zero-order valence-electron chi connectivity index (χ0n) is 9.74. The molecule has 0 fully saturated rings. The number of hydrogen-bond acceptors (Lipinski definition) is 3. The minimum atomic E-state index is -0.395. The molecule has 1 aromatic heterocycles. The van der Waals surface area contributed by atoms with Gasteiger partial charge in [-0.05, 0) is 30.0 Å². The molecule has 4 nitrogen and oxygen atoms in total. The molecule has 0 unspecified atom stereocenters. The topological polar surface area (TPSA) is 59.2 Å². The molecule has 2 aromatic rings. The lowest BCUT2D eigenvalue weighted by Crippen LogP contribution is -2.14. The van der Waals surface area contributed by atoms with Crippen molar-refractivity contribution in [2.75, 3.05) is 0 Å². The van der Waals surface area contributed by atoms with Gasteiger partial charge in [-0.15, -0.1) is 0 Å². The quantitative estimate of drug-likeness (QED) is 0.803. The molecule has 2 rings (SSSR count). The predicted octanol–water partition coefficient (Wildman–Crippen LogP) is 1.90. The Kier molecular flexibility index (Phi) is 2.95. The highest BCUT2D eigenvalue weighted by Crippen LogP contribution is 2.13. The maximum atomic E-state index is 11.7. The zero-order chi connectivity index (χ0) is 12.4. The van der Waals surface area contributed by atoms with Crippen LogP contribution >= 0.6 is 0 Å². The second kappa shape index (κ2) is 4.41. The Morgan fingerprint density at radius 3 is 2.82 bits per heavy atom. The number of fused-ring (bicyclic) bond motifs is 1. The lowest BCUT2D eigenvalue weighted by molar-refractivity contribution is -0.142. The number of carbonyl (C=O) groups is 1. The summed E-state index contributed by atoms with van der Waals surface area (Å²) in [4.78, 5) is 25.2. The van der Waals surface area contributed by atoms with Crippen LogP contribution in [-0.2, 0) is 16.1 Å². The molecule has 0 aliphatic rings. The SMILES string of the molecule is CC(=O)OCc1cc2ccc(C)cc2[nH]c1=O. The van der Waals surface area contributed by atoms with Crippen molar-refractivity contribution in [3.63, 3.8) is 0 Å². The summed E-state index contributed by atoms with van der Waals surface area (Å²) in [5.74, 6) is -0.395. The highest BCUT2D eigenvalue weighted by molar-refractivity contribution is 5.79. The number of H-pyrrole nitrogens is 1. The van der Waals surface area contributed by atoms with Crippen molar-refractivity contribution in [2.24, 2.45) is 0 Å². The van der Waals surface area contributed by atoms with E-state index < -0.39 is 5.97 Å². The lowest BCUT2D eigenvalue weighted by atomic mass is 10.1. The van der Waals surface area contributed by atoms with E-state index in [2.05, 4.69) is 4.98 Å². The summed E-state index contributed by atoms with van der Waals surface area (Å²) in [6.07, 6.45) is 0. The average Bonchev–Trinajstić information content (AvgIpc) is 2.26. The number of aryl methyl sites for hydroxylation is 1. The van der Waals surface area contributed by atoms with Gasteiger partial charge in [0.15, 0.2) is 0 Å². The van der Waals surface area contributed by atoms with Crippen molar-refractivity contribution >= 4 is 16.9 Å². The molecular weight excluding hydrogens is 218 g/mol. The fourth-order valence-corrected chi connectivity index (χ4v) is 1.65. The van der Waals surface area contributed by atoms with Crippen molar-refractivity contribution < 1.29 is 9.53 Å². The predicted molar refractivity (Wildman–Crippen MR) is 64.8 cm³/mol. The minimum absolute atomic E-state index is 0.00842. The fourth-order valence-electron chi connectivity index (χ4n) is 1.65. The first-order valence-corrected chi connectivity index (χ1v) is 5.32. The molecule has 17 heavy (non-hydrogen) atoms. The van der Waals surface area contributed by atoms with Crippen LogP contribution in [0.15, 0.2) is 29.1 Å². The molecule has 0 amide bonds. The summed E-state index contributed by atoms with van der Waals surface area (Å²) in [6, 6.07) is 7.55. The van der Waals surface area contributed by atoms with E-state index >= 15 is 0 Å². The lowest BCUT2D eigenvalue weighted by Gasteiger charge is -2.04. The van der Waals surface area contributed by atoms with E-state index in [9.17, 15) is 9.59 Å². The van der Waals surface area contributed by atoms with E-state index in [-0.39, 0.29) is 12.2 Å². The summed E-state index contributed by atoms with van der Waals surface area (Å²) in [5.41, 5.74) is 2.11. The maximum absolute atomic E-state index is 11.7. The third-order valence-corrected chi connectivity index (χ3v) is 2.51. The molecule has 1 heterocycles. The van der Waals surface area contributed by atoms with Crippen molar-refractivity contribution in [2.45, 2.75) is 20.5 Å². The third-order valence-electron chi connectivity index (χ3n) is 2.51. The molecule has 1 N–H and O–H groups in total. The molecule has 0 atom stereocenters. The second-order valence-corrected chi connectivity index (χ2v) is 3.99. The molecule has 0 aliphatic carbocycles. The number of aromatic amines is 1. The van der Waals surface area contributed by atoms with Crippen LogP contribution in [-0.4, -0.2) is 11.0 Å². The first kappa shape index (κ1) is 11.4. The number of aromatic nitrogens is 1. The number of rotatable bonds is 2. The van der Waals surface area contributed by atoms with Gasteiger partial charge in [-0.3, -0.25) is 9.59 Å². The van der Waals surface area contributed by atoms with Crippen molar-refractivity contribution in [3.8, 4) is 0 Å². The Morgan fingerprint density at radius 1 is 1.35 bits per heavy atom. The first-order valence-electron chi connectivity index (χ1n) is 5.32. The number of ether oxygens (including phenoxy) is 1. The molecular formula is C13H13NO3. The summed E-state index contributed by atoms with van der Waals surface area (Å²) in [6.45, 7) is 3.29. The zero-order valence-corrected chi connectivity index (χ0v) is 9.74.